The summed E-state index contributed by atoms with van der Waals surface area (Å²) in [5.41, 5.74) is 3.90. The second kappa shape index (κ2) is 8.33. The van der Waals surface area contributed by atoms with E-state index in [0.717, 1.165) is 22.5 Å². The Hall–Kier alpha value is -3.03. The fraction of sp³-hybridized carbons (Fsp3) is 0.286. The molecule has 0 amide bonds. The number of benzene rings is 1. The van der Waals surface area contributed by atoms with Crippen molar-refractivity contribution in [1.29, 1.82) is 0 Å². The summed E-state index contributed by atoms with van der Waals surface area (Å²) in [4.78, 5) is 17.5. The highest BCUT2D eigenvalue weighted by Crippen LogP contribution is 2.26. The van der Waals surface area contributed by atoms with Gasteiger partial charge in [0.25, 0.3) is 0 Å². The molecule has 3 aromatic rings. The van der Waals surface area contributed by atoms with E-state index in [1.54, 1.807) is 12.4 Å². The first-order valence-electron chi connectivity index (χ1n) is 9.28. The molecule has 7 nitrogen and oxygen atoms in total. The quantitative estimate of drug-likeness (QED) is 0.710. The van der Waals surface area contributed by atoms with Crippen molar-refractivity contribution in [1.82, 2.24) is 19.7 Å². The molecule has 1 aliphatic rings. The number of aliphatic carboxylic acids is 1. The average molecular weight is 378 g/mol. The van der Waals surface area contributed by atoms with Gasteiger partial charge in [-0.25, -0.2) is 4.68 Å². The van der Waals surface area contributed by atoms with Gasteiger partial charge in [0.05, 0.1) is 31.0 Å². The number of ether oxygens (including phenoxy) is 1. The van der Waals surface area contributed by atoms with Crippen LogP contribution in [0.5, 0.6) is 0 Å². The Bertz CT molecular complexity index is 927. The molecule has 0 saturated carbocycles. The summed E-state index contributed by atoms with van der Waals surface area (Å²) in [6.45, 7) is 2.35. The van der Waals surface area contributed by atoms with Crippen molar-refractivity contribution < 1.29 is 14.6 Å². The molecule has 1 fully saturated rings. The lowest BCUT2D eigenvalue weighted by Crippen LogP contribution is -2.45. The van der Waals surface area contributed by atoms with Gasteiger partial charge in [-0.1, -0.05) is 18.2 Å². The number of hydrogen-bond acceptors (Lipinski definition) is 5. The molecule has 7 heteroatoms. The first kappa shape index (κ1) is 18.3. The molecule has 28 heavy (non-hydrogen) atoms. The summed E-state index contributed by atoms with van der Waals surface area (Å²) in [5, 5.41) is 14.0. The monoisotopic (exact) mass is 378 g/mol. The minimum atomic E-state index is -0.810. The predicted molar refractivity (Wildman–Crippen MR) is 104 cm³/mol. The van der Waals surface area contributed by atoms with E-state index in [9.17, 15) is 9.90 Å². The third kappa shape index (κ3) is 4.11. The zero-order valence-electron chi connectivity index (χ0n) is 15.4. The maximum absolute atomic E-state index is 11.2. The van der Waals surface area contributed by atoms with Crippen molar-refractivity contribution in [3.8, 4) is 16.9 Å². The van der Waals surface area contributed by atoms with Crippen molar-refractivity contribution >= 4 is 5.97 Å². The summed E-state index contributed by atoms with van der Waals surface area (Å²) < 4.78 is 7.38. The van der Waals surface area contributed by atoms with Crippen LogP contribution in [0.25, 0.3) is 16.9 Å². The van der Waals surface area contributed by atoms with Crippen LogP contribution in [0.15, 0.2) is 61.1 Å². The third-order valence-electron chi connectivity index (χ3n) is 4.90. The van der Waals surface area contributed by atoms with E-state index >= 15 is 0 Å². The van der Waals surface area contributed by atoms with Crippen LogP contribution in [0, 0.1) is 0 Å². The average Bonchev–Trinajstić information content (AvgIpc) is 3.14. The largest absolute Gasteiger partial charge is 0.481 e. The Morgan fingerprint density at radius 1 is 1.18 bits per heavy atom. The molecule has 4 rings (SSSR count). The number of para-hydroxylation sites is 1. The molecule has 0 bridgehead atoms. The first-order chi connectivity index (χ1) is 13.7. The number of pyridine rings is 1. The van der Waals surface area contributed by atoms with Crippen molar-refractivity contribution in [3.05, 3.63) is 66.6 Å². The molecule has 1 N–H and O–H groups in total. The Balaban J connectivity index is 1.68. The molecule has 1 saturated heterocycles. The van der Waals surface area contributed by atoms with Crippen LogP contribution >= 0.6 is 0 Å². The number of carboxylic acid groups (broad SMARTS) is 1. The molecule has 1 aliphatic heterocycles. The van der Waals surface area contributed by atoms with Gasteiger partial charge in [0.15, 0.2) is 0 Å². The third-order valence-corrected chi connectivity index (χ3v) is 4.90. The topological polar surface area (TPSA) is 80.5 Å². The van der Waals surface area contributed by atoms with E-state index in [-0.39, 0.29) is 12.5 Å². The van der Waals surface area contributed by atoms with E-state index < -0.39 is 5.97 Å². The smallest absolute Gasteiger partial charge is 0.305 e. The van der Waals surface area contributed by atoms with Gasteiger partial charge in [0.2, 0.25) is 0 Å². The molecule has 0 aliphatic carbocycles. The van der Waals surface area contributed by atoms with E-state index in [1.807, 2.05) is 53.3 Å². The number of morpholine rings is 1. The molecule has 1 atom stereocenters. The van der Waals surface area contributed by atoms with E-state index in [4.69, 9.17) is 9.84 Å². The fourth-order valence-electron chi connectivity index (χ4n) is 3.50. The van der Waals surface area contributed by atoms with Crippen LogP contribution in [0.4, 0.5) is 0 Å². The van der Waals surface area contributed by atoms with Gasteiger partial charge < -0.3 is 9.84 Å². The zero-order valence-corrected chi connectivity index (χ0v) is 15.4. The number of rotatable bonds is 6. The highest BCUT2D eigenvalue weighted by Gasteiger charge is 2.27. The molecule has 0 unspecified atom stereocenters. The number of hydrogen-bond donors (Lipinski definition) is 1. The molecule has 1 aromatic carbocycles. The lowest BCUT2D eigenvalue weighted by molar-refractivity contribution is -0.140. The normalized spacial score (nSPS) is 17.5. The van der Waals surface area contributed by atoms with Crippen LogP contribution in [-0.4, -0.2) is 56.5 Å². The molecule has 0 radical (unpaired) electrons. The van der Waals surface area contributed by atoms with Crippen LogP contribution in [0.3, 0.4) is 0 Å². The second-order valence-electron chi connectivity index (χ2n) is 6.82. The number of aromatic nitrogens is 3. The van der Waals surface area contributed by atoms with Gasteiger partial charge in [-0.15, -0.1) is 0 Å². The Labute approximate surface area is 163 Å². The lowest BCUT2D eigenvalue weighted by atomic mass is 10.1. The van der Waals surface area contributed by atoms with Crippen LogP contribution in [0.2, 0.25) is 0 Å². The van der Waals surface area contributed by atoms with Crippen LogP contribution in [0.1, 0.15) is 12.0 Å². The van der Waals surface area contributed by atoms with Crippen LogP contribution in [-0.2, 0) is 16.1 Å². The summed E-state index contributed by atoms with van der Waals surface area (Å²) in [6.07, 6.45) is 5.60. The lowest BCUT2D eigenvalue weighted by Gasteiger charge is -2.34. The maximum atomic E-state index is 11.2. The van der Waals surface area contributed by atoms with Crippen molar-refractivity contribution in [2.45, 2.75) is 19.0 Å². The minimum absolute atomic E-state index is 0.0669. The molecule has 144 valence electrons. The Morgan fingerprint density at radius 2 is 1.96 bits per heavy atom. The number of carbonyl (C=O) groups is 1. The minimum Gasteiger partial charge on any atom is -0.481 e. The second-order valence-corrected chi connectivity index (χ2v) is 6.82. The van der Waals surface area contributed by atoms with Crippen molar-refractivity contribution in [2.24, 2.45) is 0 Å². The molecule has 0 spiro atoms. The summed E-state index contributed by atoms with van der Waals surface area (Å²) in [7, 11) is 0. The zero-order chi connectivity index (χ0) is 19.3. The Morgan fingerprint density at radius 3 is 2.71 bits per heavy atom. The standard InChI is InChI=1S/C21H22N4O3/c26-20(27)12-19-15-28-11-10-24(19)13-17-14-25(18-4-2-1-3-5-18)23-21(17)16-6-8-22-9-7-16/h1-9,14,19H,10-13,15H2,(H,26,27)/t19-/m0/s1. The van der Waals surface area contributed by atoms with Gasteiger partial charge >= 0.3 is 5.97 Å². The number of carboxylic acids is 1. The molecular formula is C21H22N4O3. The van der Waals surface area contributed by atoms with E-state index in [1.165, 1.54) is 0 Å². The summed E-state index contributed by atoms with van der Waals surface area (Å²) in [5.74, 6) is -0.810. The summed E-state index contributed by atoms with van der Waals surface area (Å²) in [6, 6.07) is 13.7. The first-order valence-corrected chi connectivity index (χ1v) is 9.28. The predicted octanol–water partition coefficient (Wildman–Crippen LogP) is 2.61. The molecule has 3 heterocycles. The van der Waals surface area contributed by atoms with Crippen molar-refractivity contribution in [3.63, 3.8) is 0 Å². The van der Waals surface area contributed by atoms with Gasteiger partial charge in [-0.3, -0.25) is 14.7 Å². The van der Waals surface area contributed by atoms with Gasteiger partial charge in [-0.2, -0.15) is 5.10 Å². The highest BCUT2D eigenvalue weighted by molar-refractivity contribution is 5.67. The SMILES string of the molecule is O=C(O)C[C@H]1COCCN1Cc1cn(-c2ccccc2)nc1-c1ccncc1. The summed E-state index contributed by atoms with van der Waals surface area (Å²) >= 11 is 0. The van der Waals surface area contributed by atoms with Gasteiger partial charge in [0.1, 0.15) is 0 Å². The maximum Gasteiger partial charge on any atom is 0.305 e. The van der Waals surface area contributed by atoms with Gasteiger partial charge in [-0.05, 0) is 24.3 Å². The van der Waals surface area contributed by atoms with E-state index in [2.05, 4.69) is 9.88 Å². The molecule has 2 aromatic heterocycles. The fourth-order valence-corrected chi connectivity index (χ4v) is 3.50. The number of nitrogens with zero attached hydrogens (tertiary/aromatic N) is 4. The Kier molecular flexibility index (Phi) is 5.45. The molecular weight excluding hydrogens is 356 g/mol. The van der Waals surface area contributed by atoms with Gasteiger partial charge in [0, 0.05) is 48.8 Å². The van der Waals surface area contributed by atoms with Crippen molar-refractivity contribution in [2.75, 3.05) is 19.8 Å². The van der Waals surface area contributed by atoms with E-state index in [0.29, 0.717) is 26.3 Å². The van der Waals surface area contributed by atoms with Crippen LogP contribution < -0.4 is 0 Å². The highest BCUT2D eigenvalue weighted by atomic mass is 16.5.